The lowest BCUT2D eigenvalue weighted by atomic mass is 10.2. The smallest absolute Gasteiger partial charge is 0.329 e. The molecule has 0 bridgehead atoms. The lowest BCUT2D eigenvalue weighted by Crippen LogP contribution is -2.42. The minimum atomic E-state index is -1.02. The van der Waals surface area contributed by atoms with Gasteiger partial charge in [-0.2, -0.15) is 0 Å². The molecule has 1 aromatic heterocycles. The van der Waals surface area contributed by atoms with E-state index in [9.17, 15) is 19.2 Å². The fourth-order valence-electron chi connectivity index (χ4n) is 2.27. The van der Waals surface area contributed by atoms with Crippen LogP contribution in [0.4, 0.5) is 0 Å². The van der Waals surface area contributed by atoms with Crippen LogP contribution in [-0.4, -0.2) is 44.5 Å². The molecule has 0 fully saturated rings. The molecule has 0 saturated heterocycles. The molecule has 2 aromatic rings. The molecule has 8 heteroatoms. The zero-order valence-electron chi connectivity index (χ0n) is 12.6. The van der Waals surface area contributed by atoms with Crippen LogP contribution in [-0.2, 0) is 16.1 Å². The third-order valence-corrected chi connectivity index (χ3v) is 3.51. The average molecular weight is 319 g/mol. The van der Waals surface area contributed by atoms with Crippen LogP contribution in [0.1, 0.15) is 13.3 Å². The van der Waals surface area contributed by atoms with Crippen LogP contribution in [0.15, 0.2) is 33.9 Å². The number of carboxylic acids is 1. The number of hydrogen-bond donors (Lipinski definition) is 2. The number of nitrogens with zero attached hydrogens (tertiary/aromatic N) is 2. The summed E-state index contributed by atoms with van der Waals surface area (Å²) in [5.74, 6) is -1.49. The Balaban J connectivity index is 2.30. The number of aromatic nitrogens is 2. The predicted molar refractivity (Wildman–Crippen MR) is 83.3 cm³/mol. The average Bonchev–Trinajstić information content (AvgIpc) is 2.51. The van der Waals surface area contributed by atoms with Crippen molar-refractivity contribution >= 4 is 22.8 Å². The number of amides is 1. The van der Waals surface area contributed by atoms with Crippen LogP contribution in [0.25, 0.3) is 10.9 Å². The maximum Gasteiger partial charge on any atom is 0.329 e. The summed E-state index contributed by atoms with van der Waals surface area (Å²) in [4.78, 5) is 51.0. The lowest BCUT2D eigenvalue weighted by molar-refractivity contribution is -0.138. The summed E-state index contributed by atoms with van der Waals surface area (Å²) >= 11 is 0. The van der Waals surface area contributed by atoms with Gasteiger partial charge >= 0.3 is 11.7 Å². The maximum absolute atomic E-state index is 12.3. The van der Waals surface area contributed by atoms with E-state index in [1.54, 1.807) is 31.2 Å². The SMILES string of the molecule is CCN(CCC(=O)O)C(=O)Cn1c(=O)[nH]c2ccccc2c1=O. The Morgan fingerprint density at radius 1 is 1.26 bits per heavy atom. The van der Waals surface area contributed by atoms with Crippen LogP contribution in [0.5, 0.6) is 0 Å². The van der Waals surface area contributed by atoms with Gasteiger partial charge in [-0.15, -0.1) is 0 Å². The molecule has 0 aliphatic carbocycles. The second kappa shape index (κ2) is 6.91. The molecule has 0 unspecified atom stereocenters. The summed E-state index contributed by atoms with van der Waals surface area (Å²) in [6, 6.07) is 6.53. The van der Waals surface area contributed by atoms with Crippen LogP contribution in [0.2, 0.25) is 0 Å². The lowest BCUT2D eigenvalue weighted by Gasteiger charge is -2.20. The zero-order valence-corrected chi connectivity index (χ0v) is 12.6. The number of aromatic amines is 1. The van der Waals surface area contributed by atoms with Gasteiger partial charge < -0.3 is 15.0 Å². The number of para-hydroxylation sites is 1. The van der Waals surface area contributed by atoms with E-state index in [-0.39, 0.29) is 13.0 Å². The van der Waals surface area contributed by atoms with Crippen molar-refractivity contribution < 1.29 is 14.7 Å². The fourth-order valence-corrected chi connectivity index (χ4v) is 2.27. The van der Waals surface area contributed by atoms with Crippen LogP contribution in [0, 0.1) is 0 Å². The monoisotopic (exact) mass is 319 g/mol. The topological polar surface area (TPSA) is 112 Å². The Hall–Kier alpha value is -2.90. The molecule has 0 aliphatic heterocycles. The van der Waals surface area contributed by atoms with Crippen molar-refractivity contribution in [3.63, 3.8) is 0 Å². The van der Waals surface area contributed by atoms with Crippen molar-refractivity contribution in [2.45, 2.75) is 19.9 Å². The van der Waals surface area contributed by atoms with E-state index in [0.717, 1.165) is 4.57 Å². The van der Waals surface area contributed by atoms with E-state index in [0.29, 0.717) is 17.4 Å². The first-order valence-corrected chi connectivity index (χ1v) is 7.15. The van der Waals surface area contributed by atoms with E-state index in [2.05, 4.69) is 4.98 Å². The van der Waals surface area contributed by atoms with Gasteiger partial charge in [0, 0.05) is 13.1 Å². The van der Waals surface area contributed by atoms with Crippen LogP contribution < -0.4 is 11.2 Å². The first-order valence-electron chi connectivity index (χ1n) is 7.15. The second-order valence-corrected chi connectivity index (χ2v) is 4.98. The molecule has 0 radical (unpaired) electrons. The molecule has 2 N–H and O–H groups in total. The molecule has 1 heterocycles. The molecular formula is C15H17N3O5. The van der Waals surface area contributed by atoms with Crippen molar-refractivity contribution in [3.8, 4) is 0 Å². The first-order chi connectivity index (χ1) is 10.9. The fraction of sp³-hybridized carbons (Fsp3) is 0.333. The molecule has 0 atom stereocenters. The third-order valence-electron chi connectivity index (χ3n) is 3.51. The number of carbonyl (C=O) groups excluding carboxylic acids is 1. The number of carbonyl (C=O) groups is 2. The largest absolute Gasteiger partial charge is 0.481 e. The van der Waals surface area contributed by atoms with Crippen molar-refractivity contribution in [1.82, 2.24) is 14.5 Å². The molecule has 2 rings (SSSR count). The van der Waals surface area contributed by atoms with Crippen LogP contribution >= 0.6 is 0 Å². The van der Waals surface area contributed by atoms with E-state index >= 15 is 0 Å². The predicted octanol–water partition coefficient (Wildman–Crippen LogP) is 0.0130. The minimum Gasteiger partial charge on any atom is -0.481 e. The molecule has 1 amide bonds. The van der Waals surface area contributed by atoms with Crippen molar-refractivity contribution in [2.75, 3.05) is 13.1 Å². The Labute approximate surface area is 131 Å². The molecule has 1 aromatic carbocycles. The van der Waals surface area contributed by atoms with Gasteiger partial charge in [-0.3, -0.25) is 19.0 Å². The highest BCUT2D eigenvalue weighted by molar-refractivity contribution is 5.79. The van der Waals surface area contributed by atoms with E-state index in [1.165, 1.54) is 4.90 Å². The van der Waals surface area contributed by atoms with Crippen molar-refractivity contribution in [1.29, 1.82) is 0 Å². The number of rotatable bonds is 6. The van der Waals surface area contributed by atoms with Gasteiger partial charge in [-0.05, 0) is 19.1 Å². The van der Waals surface area contributed by atoms with Crippen LogP contribution in [0.3, 0.4) is 0 Å². The molecular weight excluding hydrogens is 302 g/mol. The molecule has 8 nitrogen and oxygen atoms in total. The summed E-state index contributed by atoms with van der Waals surface area (Å²) in [5, 5.41) is 9.00. The highest BCUT2D eigenvalue weighted by Gasteiger charge is 2.16. The molecule has 0 aliphatic rings. The standard InChI is InChI=1S/C15H17N3O5/c1-2-17(8-7-13(20)21)12(19)9-18-14(22)10-5-3-4-6-11(10)16-15(18)23/h3-6H,2,7-9H2,1H3,(H,16,23)(H,20,21). The van der Waals surface area contributed by atoms with Gasteiger partial charge in [-0.1, -0.05) is 12.1 Å². The molecule has 0 saturated carbocycles. The number of fused-ring (bicyclic) bond motifs is 1. The number of carboxylic acid groups (broad SMARTS) is 1. The quantitative estimate of drug-likeness (QED) is 0.779. The van der Waals surface area contributed by atoms with Crippen molar-refractivity contribution in [2.24, 2.45) is 0 Å². The number of aliphatic carboxylic acids is 1. The van der Waals surface area contributed by atoms with E-state index < -0.39 is 29.7 Å². The zero-order chi connectivity index (χ0) is 17.0. The molecule has 122 valence electrons. The molecule has 0 spiro atoms. The number of benzene rings is 1. The number of likely N-dealkylation sites (N-methyl/N-ethyl adjacent to an activating group) is 1. The third kappa shape index (κ3) is 3.65. The summed E-state index contributed by atoms with van der Waals surface area (Å²) in [5.41, 5.74) is -0.812. The van der Waals surface area contributed by atoms with Gasteiger partial charge in [0.25, 0.3) is 5.56 Å². The number of nitrogens with one attached hydrogen (secondary N) is 1. The highest BCUT2D eigenvalue weighted by atomic mass is 16.4. The van der Waals surface area contributed by atoms with E-state index in [1.807, 2.05) is 0 Å². The van der Waals surface area contributed by atoms with Gasteiger partial charge in [-0.25, -0.2) is 4.79 Å². The Kier molecular flexibility index (Phi) is 4.95. The Morgan fingerprint density at radius 2 is 1.96 bits per heavy atom. The van der Waals surface area contributed by atoms with Gasteiger partial charge in [0.2, 0.25) is 5.91 Å². The summed E-state index contributed by atoms with van der Waals surface area (Å²) < 4.78 is 0.827. The Bertz CT molecular complexity index is 852. The summed E-state index contributed by atoms with van der Waals surface area (Å²) in [6.45, 7) is 1.61. The first kappa shape index (κ1) is 16.5. The summed E-state index contributed by atoms with van der Waals surface area (Å²) in [7, 11) is 0. The maximum atomic E-state index is 12.3. The highest BCUT2D eigenvalue weighted by Crippen LogP contribution is 2.03. The second-order valence-electron chi connectivity index (χ2n) is 4.98. The van der Waals surface area contributed by atoms with Gasteiger partial charge in [0.1, 0.15) is 6.54 Å². The van der Waals surface area contributed by atoms with E-state index in [4.69, 9.17) is 5.11 Å². The summed E-state index contributed by atoms with van der Waals surface area (Å²) in [6.07, 6.45) is -0.192. The minimum absolute atomic E-state index is 0.0326. The molecule has 23 heavy (non-hydrogen) atoms. The van der Waals surface area contributed by atoms with Gasteiger partial charge in [0.05, 0.1) is 17.3 Å². The normalized spacial score (nSPS) is 10.7. The Morgan fingerprint density at radius 3 is 2.61 bits per heavy atom. The van der Waals surface area contributed by atoms with Gasteiger partial charge in [0.15, 0.2) is 0 Å². The number of hydrogen-bond acceptors (Lipinski definition) is 4. The number of H-pyrrole nitrogens is 1. The van der Waals surface area contributed by atoms with Crippen molar-refractivity contribution in [3.05, 3.63) is 45.1 Å².